The summed E-state index contributed by atoms with van der Waals surface area (Å²) in [6.07, 6.45) is -4.38. The second-order valence-corrected chi connectivity index (χ2v) is 7.23. The lowest BCUT2D eigenvalue weighted by atomic mass is 10.1. The number of thiophene rings is 1. The Hall–Kier alpha value is -2.06. The standard InChI is InChI=1S/C18H20F3N3OS/c19-18(20,21)15-4-1-3-14(11-15)12-22-17(25)24-8-6-23(7-9-24)13-16-5-2-10-26-16/h1-5,10-11H,6-9,12-13H2,(H,22,25). The number of carbonyl (C=O) groups excluding carboxylic acids is 1. The summed E-state index contributed by atoms with van der Waals surface area (Å²) in [4.78, 5) is 17.6. The minimum absolute atomic E-state index is 0.0815. The minimum atomic E-state index is -4.38. The van der Waals surface area contributed by atoms with Gasteiger partial charge < -0.3 is 10.2 Å². The van der Waals surface area contributed by atoms with E-state index in [0.29, 0.717) is 18.7 Å². The summed E-state index contributed by atoms with van der Waals surface area (Å²) in [5.74, 6) is 0. The van der Waals surface area contributed by atoms with Gasteiger partial charge in [-0.1, -0.05) is 18.2 Å². The number of halogens is 3. The molecule has 3 rings (SSSR count). The molecule has 1 saturated heterocycles. The van der Waals surface area contributed by atoms with E-state index in [-0.39, 0.29) is 12.6 Å². The zero-order valence-corrected chi connectivity index (χ0v) is 14.9. The van der Waals surface area contributed by atoms with Crippen molar-refractivity contribution in [2.24, 2.45) is 0 Å². The third-order valence-corrected chi connectivity index (χ3v) is 5.18. The number of rotatable bonds is 4. The monoisotopic (exact) mass is 383 g/mol. The first-order valence-electron chi connectivity index (χ1n) is 8.35. The van der Waals surface area contributed by atoms with Crippen LogP contribution in [-0.2, 0) is 19.3 Å². The molecule has 140 valence electrons. The number of benzene rings is 1. The average Bonchev–Trinajstić information content (AvgIpc) is 3.13. The highest BCUT2D eigenvalue weighted by Gasteiger charge is 2.30. The van der Waals surface area contributed by atoms with E-state index in [2.05, 4.69) is 16.3 Å². The number of hydrogen-bond donors (Lipinski definition) is 1. The lowest BCUT2D eigenvalue weighted by Gasteiger charge is -2.34. The first kappa shape index (κ1) is 18.7. The fourth-order valence-electron chi connectivity index (χ4n) is 2.88. The summed E-state index contributed by atoms with van der Waals surface area (Å²) in [6.45, 7) is 3.76. The number of hydrogen-bond acceptors (Lipinski definition) is 3. The molecule has 1 fully saturated rings. The Morgan fingerprint density at radius 3 is 2.54 bits per heavy atom. The van der Waals surface area contributed by atoms with Gasteiger partial charge in [-0.2, -0.15) is 13.2 Å². The summed E-state index contributed by atoms with van der Waals surface area (Å²) in [5.41, 5.74) is -0.268. The Kier molecular flexibility index (Phi) is 5.83. The third-order valence-electron chi connectivity index (χ3n) is 4.32. The van der Waals surface area contributed by atoms with Crippen LogP contribution < -0.4 is 5.32 Å². The van der Waals surface area contributed by atoms with Gasteiger partial charge in [0.05, 0.1) is 5.56 Å². The summed E-state index contributed by atoms with van der Waals surface area (Å²) in [7, 11) is 0. The molecule has 1 aromatic carbocycles. The van der Waals surface area contributed by atoms with E-state index in [1.165, 1.54) is 10.9 Å². The molecule has 0 saturated carbocycles. The third kappa shape index (κ3) is 4.98. The summed E-state index contributed by atoms with van der Waals surface area (Å²) in [5, 5.41) is 4.76. The maximum atomic E-state index is 12.7. The van der Waals surface area contributed by atoms with Crippen LogP contribution in [0.3, 0.4) is 0 Å². The van der Waals surface area contributed by atoms with Crippen molar-refractivity contribution in [1.29, 1.82) is 0 Å². The van der Waals surface area contributed by atoms with Gasteiger partial charge in [-0.15, -0.1) is 11.3 Å². The van der Waals surface area contributed by atoms with E-state index in [4.69, 9.17) is 0 Å². The van der Waals surface area contributed by atoms with Gasteiger partial charge in [-0.25, -0.2) is 4.79 Å². The lowest BCUT2D eigenvalue weighted by Crippen LogP contribution is -2.51. The summed E-state index contributed by atoms with van der Waals surface area (Å²) < 4.78 is 38.2. The highest BCUT2D eigenvalue weighted by molar-refractivity contribution is 7.09. The van der Waals surface area contributed by atoms with Crippen LogP contribution in [0, 0.1) is 0 Å². The van der Waals surface area contributed by atoms with E-state index in [1.807, 2.05) is 11.4 Å². The van der Waals surface area contributed by atoms with Crippen molar-refractivity contribution in [3.05, 3.63) is 57.8 Å². The van der Waals surface area contributed by atoms with Crippen molar-refractivity contribution in [1.82, 2.24) is 15.1 Å². The summed E-state index contributed by atoms with van der Waals surface area (Å²) in [6, 6.07) is 8.91. The van der Waals surface area contributed by atoms with Crippen LogP contribution in [0.4, 0.5) is 18.0 Å². The predicted molar refractivity (Wildman–Crippen MR) is 94.8 cm³/mol. The Balaban J connectivity index is 1.46. The topological polar surface area (TPSA) is 35.6 Å². The van der Waals surface area contributed by atoms with Gasteiger partial charge in [-0.05, 0) is 29.1 Å². The van der Waals surface area contributed by atoms with Crippen molar-refractivity contribution in [2.45, 2.75) is 19.3 Å². The fraction of sp³-hybridized carbons (Fsp3) is 0.389. The molecule has 1 aliphatic heterocycles. The molecule has 26 heavy (non-hydrogen) atoms. The van der Waals surface area contributed by atoms with Crippen LogP contribution >= 0.6 is 11.3 Å². The van der Waals surface area contributed by atoms with Crippen molar-refractivity contribution in [2.75, 3.05) is 26.2 Å². The maximum Gasteiger partial charge on any atom is 0.416 e. The SMILES string of the molecule is O=C(NCc1cccc(C(F)(F)F)c1)N1CCN(Cc2cccs2)CC1. The molecular weight excluding hydrogens is 363 g/mol. The molecule has 1 N–H and O–H groups in total. The Morgan fingerprint density at radius 1 is 1.12 bits per heavy atom. The number of alkyl halides is 3. The normalized spacial score (nSPS) is 15.9. The first-order chi connectivity index (χ1) is 12.4. The highest BCUT2D eigenvalue weighted by atomic mass is 32.1. The molecule has 4 nitrogen and oxygen atoms in total. The Labute approximate surface area is 154 Å². The van der Waals surface area contributed by atoms with Crippen LogP contribution in [0.25, 0.3) is 0 Å². The number of amides is 2. The van der Waals surface area contributed by atoms with Crippen LogP contribution in [-0.4, -0.2) is 42.0 Å². The van der Waals surface area contributed by atoms with Crippen LogP contribution in [0.1, 0.15) is 16.0 Å². The van der Waals surface area contributed by atoms with Gasteiger partial charge in [0, 0.05) is 44.1 Å². The quantitative estimate of drug-likeness (QED) is 0.872. The van der Waals surface area contributed by atoms with Gasteiger partial charge in [0.2, 0.25) is 0 Å². The molecule has 0 aliphatic carbocycles. The van der Waals surface area contributed by atoms with Crippen LogP contribution in [0.5, 0.6) is 0 Å². The van der Waals surface area contributed by atoms with Crippen molar-refractivity contribution in [3.8, 4) is 0 Å². The number of urea groups is 1. The maximum absolute atomic E-state index is 12.7. The van der Waals surface area contributed by atoms with Gasteiger partial charge >= 0.3 is 12.2 Å². The predicted octanol–water partition coefficient (Wildman–Crippen LogP) is 3.79. The summed E-state index contributed by atoms with van der Waals surface area (Å²) >= 11 is 1.72. The average molecular weight is 383 g/mol. The molecule has 0 spiro atoms. The van der Waals surface area contributed by atoms with Crippen LogP contribution in [0.15, 0.2) is 41.8 Å². The van der Waals surface area contributed by atoms with Crippen molar-refractivity contribution in [3.63, 3.8) is 0 Å². The van der Waals surface area contributed by atoms with Crippen molar-refractivity contribution >= 4 is 17.4 Å². The van der Waals surface area contributed by atoms with E-state index < -0.39 is 11.7 Å². The first-order valence-corrected chi connectivity index (χ1v) is 9.23. The van der Waals surface area contributed by atoms with E-state index in [9.17, 15) is 18.0 Å². The Morgan fingerprint density at radius 2 is 1.88 bits per heavy atom. The largest absolute Gasteiger partial charge is 0.416 e. The number of carbonyl (C=O) groups is 1. The van der Waals surface area contributed by atoms with E-state index in [1.54, 1.807) is 22.3 Å². The minimum Gasteiger partial charge on any atom is -0.334 e. The highest BCUT2D eigenvalue weighted by Crippen LogP contribution is 2.29. The van der Waals surface area contributed by atoms with Crippen LogP contribution in [0.2, 0.25) is 0 Å². The van der Waals surface area contributed by atoms with Gasteiger partial charge in [0.15, 0.2) is 0 Å². The lowest BCUT2D eigenvalue weighted by molar-refractivity contribution is -0.137. The van der Waals surface area contributed by atoms with E-state index in [0.717, 1.165) is 31.8 Å². The molecule has 0 bridgehead atoms. The molecule has 2 amide bonds. The van der Waals surface area contributed by atoms with Gasteiger partial charge in [-0.3, -0.25) is 4.90 Å². The molecule has 1 aromatic heterocycles. The molecule has 2 aromatic rings. The number of nitrogens with one attached hydrogen (secondary N) is 1. The molecule has 8 heteroatoms. The zero-order chi connectivity index (χ0) is 18.6. The molecule has 1 aliphatic rings. The molecule has 0 radical (unpaired) electrons. The molecule has 2 heterocycles. The van der Waals surface area contributed by atoms with E-state index >= 15 is 0 Å². The fourth-order valence-corrected chi connectivity index (χ4v) is 3.63. The zero-order valence-electron chi connectivity index (χ0n) is 14.1. The van der Waals surface area contributed by atoms with Crippen molar-refractivity contribution < 1.29 is 18.0 Å². The number of piperazine rings is 1. The molecule has 0 atom stereocenters. The second-order valence-electron chi connectivity index (χ2n) is 6.20. The molecule has 0 unspecified atom stereocenters. The molecular formula is C18H20F3N3OS. The van der Waals surface area contributed by atoms with Gasteiger partial charge in [0.25, 0.3) is 0 Å². The second kappa shape index (κ2) is 8.09. The number of nitrogens with zero attached hydrogens (tertiary/aromatic N) is 2. The smallest absolute Gasteiger partial charge is 0.334 e. The van der Waals surface area contributed by atoms with Gasteiger partial charge in [0.1, 0.15) is 0 Å². The Bertz CT molecular complexity index is 726.